The highest BCUT2D eigenvalue weighted by atomic mass is 19.1. The van der Waals surface area contributed by atoms with E-state index in [0.717, 1.165) is 0 Å². The number of amides is 1. The van der Waals surface area contributed by atoms with Crippen molar-refractivity contribution in [3.05, 3.63) is 41.7 Å². The Labute approximate surface area is 82.4 Å². The van der Waals surface area contributed by atoms with E-state index < -0.39 is 0 Å². The highest BCUT2D eigenvalue weighted by molar-refractivity contribution is 5.99. The summed E-state index contributed by atoms with van der Waals surface area (Å²) in [5.41, 5.74) is 1.03. The molecule has 0 heterocycles. The van der Waals surface area contributed by atoms with E-state index in [1.807, 2.05) is 0 Å². The van der Waals surface area contributed by atoms with Gasteiger partial charge in [-0.25, -0.2) is 4.39 Å². The summed E-state index contributed by atoms with van der Waals surface area (Å²) < 4.78 is 13.0. The number of allylic oxidation sites excluding steroid dienone is 1. The molecule has 0 radical (unpaired) electrons. The third-order valence-corrected chi connectivity index (χ3v) is 1.76. The lowest BCUT2D eigenvalue weighted by Crippen LogP contribution is -2.07. The Morgan fingerprint density at radius 2 is 2.21 bits per heavy atom. The minimum Gasteiger partial charge on any atom is -0.322 e. The van der Waals surface area contributed by atoms with Crippen molar-refractivity contribution in [1.82, 2.24) is 0 Å². The number of carbonyl (C=O) groups excluding carboxylic acids is 1. The Morgan fingerprint density at radius 3 is 2.79 bits per heavy atom. The number of benzene rings is 1. The molecule has 1 rings (SSSR count). The van der Waals surface area contributed by atoms with Gasteiger partial charge in [0.25, 0.3) is 0 Å². The van der Waals surface area contributed by atoms with Crippen molar-refractivity contribution >= 4 is 11.6 Å². The molecule has 1 aromatic carbocycles. The molecule has 74 valence electrons. The predicted molar refractivity (Wildman–Crippen MR) is 54.6 cm³/mol. The zero-order valence-corrected chi connectivity index (χ0v) is 8.17. The summed E-state index contributed by atoms with van der Waals surface area (Å²) in [4.78, 5) is 11.1. The van der Waals surface area contributed by atoms with E-state index in [1.54, 1.807) is 32.1 Å². The van der Waals surface area contributed by atoms with Crippen molar-refractivity contribution in [2.45, 2.75) is 13.8 Å². The molecule has 0 saturated heterocycles. The van der Waals surface area contributed by atoms with Crippen LogP contribution in [0.4, 0.5) is 10.1 Å². The number of hydrogen-bond acceptors (Lipinski definition) is 1. The van der Waals surface area contributed by atoms with E-state index in [0.29, 0.717) is 11.3 Å². The van der Waals surface area contributed by atoms with E-state index in [2.05, 4.69) is 5.32 Å². The third kappa shape index (κ3) is 2.69. The largest absolute Gasteiger partial charge is 0.322 e. The van der Waals surface area contributed by atoms with E-state index in [1.165, 1.54) is 12.1 Å². The maximum atomic E-state index is 13.0. The van der Waals surface area contributed by atoms with Crippen LogP contribution < -0.4 is 5.32 Å². The summed E-state index contributed by atoms with van der Waals surface area (Å²) in [6.45, 7) is 3.42. The van der Waals surface area contributed by atoms with E-state index in [-0.39, 0.29) is 11.7 Å². The highest BCUT2D eigenvalue weighted by Crippen LogP contribution is 2.13. The van der Waals surface area contributed by atoms with Gasteiger partial charge in [-0.1, -0.05) is 12.1 Å². The van der Waals surface area contributed by atoms with Crippen LogP contribution in [0.3, 0.4) is 0 Å². The van der Waals surface area contributed by atoms with Gasteiger partial charge < -0.3 is 5.32 Å². The van der Waals surface area contributed by atoms with E-state index in [4.69, 9.17) is 0 Å². The van der Waals surface area contributed by atoms with Gasteiger partial charge in [-0.15, -0.1) is 0 Å². The highest BCUT2D eigenvalue weighted by Gasteiger charge is 2.00. The number of anilines is 1. The Bertz CT molecular complexity index is 372. The first-order chi connectivity index (χ1) is 6.63. The Morgan fingerprint density at radius 1 is 1.50 bits per heavy atom. The second kappa shape index (κ2) is 4.56. The van der Waals surface area contributed by atoms with Crippen molar-refractivity contribution in [3.63, 3.8) is 0 Å². The molecule has 0 aromatic heterocycles. The van der Waals surface area contributed by atoms with Crippen molar-refractivity contribution in [2.75, 3.05) is 5.32 Å². The molecular weight excluding hydrogens is 181 g/mol. The summed E-state index contributed by atoms with van der Waals surface area (Å²) in [5.74, 6) is -0.570. The first-order valence-corrected chi connectivity index (χ1v) is 4.33. The number of rotatable bonds is 2. The van der Waals surface area contributed by atoms with E-state index >= 15 is 0 Å². The third-order valence-electron chi connectivity index (χ3n) is 1.76. The molecule has 0 spiro atoms. The number of halogens is 1. The van der Waals surface area contributed by atoms with Crippen LogP contribution in [0.15, 0.2) is 30.4 Å². The lowest BCUT2D eigenvalue weighted by molar-refractivity contribution is -0.111. The Kier molecular flexibility index (Phi) is 3.40. The zero-order chi connectivity index (χ0) is 10.6. The topological polar surface area (TPSA) is 29.1 Å². The molecule has 14 heavy (non-hydrogen) atoms. The molecule has 0 aliphatic rings. The number of carbonyl (C=O) groups is 1. The van der Waals surface area contributed by atoms with E-state index in [9.17, 15) is 9.18 Å². The molecular formula is C11H12FNO. The molecule has 0 aliphatic carbocycles. The molecule has 0 saturated carbocycles. The lowest BCUT2D eigenvalue weighted by atomic mass is 10.2. The van der Waals surface area contributed by atoms with Crippen LogP contribution in [0.2, 0.25) is 0 Å². The normalized spacial score (nSPS) is 10.5. The van der Waals surface area contributed by atoms with Gasteiger partial charge in [-0.3, -0.25) is 4.79 Å². The fourth-order valence-corrected chi connectivity index (χ4v) is 1.01. The molecule has 0 atom stereocenters. The van der Waals surface area contributed by atoms with Crippen LogP contribution in [0.1, 0.15) is 12.5 Å². The summed E-state index contributed by atoms with van der Waals surface area (Å²) in [7, 11) is 0. The Hall–Kier alpha value is -1.64. The van der Waals surface area contributed by atoms with Crippen LogP contribution in [0.25, 0.3) is 0 Å². The maximum Gasteiger partial charge on any atom is 0.248 e. The minimum absolute atomic E-state index is 0.254. The average molecular weight is 193 g/mol. The quantitative estimate of drug-likeness (QED) is 0.719. The van der Waals surface area contributed by atoms with Crippen LogP contribution in [0.5, 0.6) is 0 Å². The SMILES string of the molecule is C/C=C/C(=O)Nc1ccc(C)c(F)c1. The van der Waals surface area contributed by atoms with Crippen LogP contribution in [0, 0.1) is 12.7 Å². The first-order valence-electron chi connectivity index (χ1n) is 4.33. The molecule has 0 bridgehead atoms. The standard InChI is InChI=1S/C11H12FNO/c1-3-4-11(14)13-9-6-5-8(2)10(12)7-9/h3-7H,1-2H3,(H,13,14)/b4-3+. The second-order valence-electron chi connectivity index (χ2n) is 2.95. The molecule has 0 fully saturated rings. The van der Waals surface area contributed by atoms with Gasteiger partial charge in [-0.05, 0) is 37.6 Å². The van der Waals surface area contributed by atoms with Gasteiger partial charge in [0.1, 0.15) is 5.82 Å². The lowest BCUT2D eigenvalue weighted by Gasteiger charge is -2.03. The van der Waals surface area contributed by atoms with Gasteiger partial charge in [0.2, 0.25) is 5.91 Å². The molecule has 2 nitrogen and oxygen atoms in total. The van der Waals surface area contributed by atoms with Crippen LogP contribution >= 0.6 is 0 Å². The smallest absolute Gasteiger partial charge is 0.248 e. The van der Waals surface area contributed by atoms with Gasteiger partial charge in [-0.2, -0.15) is 0 Å². The molecule has 3 heteroatoms. The van der Waals surface area contributed by atoms with Gasteiger partial charge in [0.05, 0.1) is 0 Å². The zero-order valence-electron chi connectivity index (χ0n) is 8.17. The van der Waals surface area contributed by atoms with Gasteiger partial charge in [0.15, 0.2) is 0 Å². The van der Waals surface area contributed by atoms with Crippen LogP contribution in [-0.4, -0.2) is 5.91 Å². The Balaban J connectivity index is 2.78. The number of hydrogen-bond donors (Lipinski definition) is 1. The minimum atomic E-state index is -0.316. The molecule has 0 aliphatic heterocycles. The summed E-state index contributed by atoms with van der Waals surface area (Å²) >= 11 is 0. The van der Waals surface area contributed by atoms with Crippen molar-refractivity contribution in [2.24, 2.45) is 0 Å². The fourth-order valence-electron chi connectivity index (χ4n) is 1.01. The van der Waals surface area contributed by atoms with Crippen LogP contribution in [-0.2, 0) is 4.79 Å². The van der Waals surface area contributed by atoms with Gasteiger partial charge >= 0.3 is 0 Å². The first kappa shape index (κ1) is 10.4. The number of aryl methyl sites for hydroxylation is 1. The predicted octanol–water partition coefficient (Wildman–Crippen LogP) is 2.65. The molecule has 1 amide bonds. The fraction of sp³-hybridized carbons (Fsp3) is 0.182. The monoisotopic (exact) mass is 193 g/mol. The molecule has 0 unspecified atom stereocenters. The molecule has 1 N–H and O–H groups in total. The second-order valence-corrected chi connectivity index (χ2v) is 2.95. The van der Waals surface area contributed by atoms with Crippen molar-refractivity contribution in [1.29, 1.82) is 0 Å². The van der Waals surface area contributed by atoms with Gasteiger partial charge in [0, 0.05) is 5.69 Å². The summed E-state index contributed by atoms with van der Waals surface area (Å²) in [6, 6.07) is 4.59. The average Bonchev–Trinajstić information content (AvgIpc) is 2.12. The van der Waals surface area contributed by atoms with Crippen molar-refractivity contribution in [3.8, 4) is 0 Å². The maximum absolute atomic E-state index is 13.0. The number of nitrogens with one attached hydrogen (secondary N) is 1. The summed E-state index contributed by atoms with van der Waals surface area (Å²) in [5, 5.41) is 2.55. The molecule has 1 aromatic rings. The van der Waals surface area contributed by atoms with Crippen molar-refractivity contribution < 1.29 is 9.18 Å². The summed E-state index contributed by atoms with van der Waals surface area (Å²) in [6.07, 6.45) is 3.01.